The quantitative estimate of drug-likeness (QED) is 0.714. The fourth-order valence-electron chi connectivity index (χ4n) is 3.58. The van der Waals surface area contributed by atoms with Crippen LogP contribution in [-0.4, -0.2) is 37.6 Å². The standard InChI is InChI=1S/C22H27BrN2O2/c1-27-20-12-8-17(9-13-20)21(25-14-4-2-3-5-15-25)16-24-22(26)18-6-10-19(23)11-7-18/h6-13,21H,2-5,14-16H2,1H3,(H,24,26)/t21-/m0/s1. The Hall–Kier alpha value is -1.85. The Bertz CT molecular complexity index is 723. The van der Waals surface area contributed by atoms with E-state index in [0.717, 1.165) is 23.3 Å². The zero-order valence-corrected chi connectivity index (χ0v) is 17.4. The number of halogens is 1. The van der Waals surface area contributed by atoms with Crippen molar-refractivity contribution in [3.8, 4) is 5.75 Å². The summed E-state index contributed by atoms with van der Waals surface area (Å²) in [5, 5.41) is 3.14. The molecule has 2 aromatic rings. The molecular formula is C22H27BrN2O2. The van der Waals surface area contributed by atoms with Gasteiger partial charge in [-0.1, -0.05) is 40.9 Å². The molecule has 1 atom stereocenters. The van der Waals surface area contributed by atoms with E-state index < -0.39 is 0 Å². The highest BCUT2D eigenvalue weighted by Gasteiger charge is 2.22. The Balaban J connectivity index is 1.73. The van der Waals surface area contributed by atoms with E-state index in [1.54, 1.807) is 7.11 Å². The summed E-state index contributed by atoms with van der Waals surface area (Å²) in [6.07, 6.45) is 5.01. The Morgan fingerprint density at radius 1 is 1.04 bits per heavy atom. The third-order valence-corrected chi connectivity index (χ3v) is 5.67. The molecule has 3 rings (SSSR count). The van der Waals surface area contributed by atoms with Gasteiger partial charge in [-0.25, -0.2) is 0 Å². The first-order chi connectivity index (χ1) is 13.2. The van der Waals surface area contributed by atoms with Gasteiger partial charge in [0.05, 0.1) is 13.2 Å². The van der Waals surface area contributed by atoms with Crippen LogP contribution in [0.25, 0.3) is 0 Å². The molecule has 1 aliphatic rings. The normalized spacial score (nSPS) is 16.4. The first-order valence-corrected chi connectivity index (χ1v) is 10.4. The van der Waals surface area contributed by atoms with E-state index in [9.17, 15) is 4.79 Å². The molecule has 1 heterocycles. The van der Waals surface area contributed by atoms with Gasteiger partial charge in [-0.3, -0.25) is 9.69 Å². The topological polar surface area (TPSA) is 41.6 Å². The Morgan fingerprint density at radius 3 is 2.26 bits per heavy atom. The van der Waals surface area contributed by atoms with E-state index >= 15 is 0 Å². The fraction of sp³-hybridized carbons (Fsp3) is 0.409. The average molecular weight is 431 g/mol. The van der Waals surface area contributed by atoms with Crippen molar-refractivity contribution in [2.24, 2.45) is 0 Å². The van der Waals surface area contributed by atoms with Crippen LogP contribution in [0.15, 0.2) is 53.0 Å². The van der Waals surface area contributed by atoms with Crippen LogP contribution in [0.5, 0.6) is 5.75 Å². The van der Waals surface area contributed by atoms with E-state index in [1.165, 1.54) is 31.2 Å². The number of likely N-dealkylation sites (tertiary alicyclic amines) is 1. The van der Waals surface area contributed by atoms with Crippen LogP contribution in [0.2, 0.25) is 0 Å². The number of carbonyl (C=O) groups is 1. The summed E-state index contributed by atoms with van der Waals surface area (Å²) in [5.74, 6) is 0.822. The smallest absolute Gasteiger partial charge is 0.251 e. The van der Waals surface area contributed by atoms with Crippen LogP contribution in [-0.2, 0) is 0 Å². The summed E-state index contributed by atoms with van der Waals surface area (Å²) < 4.78 is 6.26. The second-order valence-electron chi connectivity index (χ2n) is 6.96. The zero-order chi connectivity index (χ0) is 19.1. The first-order valence-electron chi connectivity index (χ1n) is 9.59. The molecule has 2 aromatic carbocycles. The molecule has 0 aliphatic carbocycles. The van der Waals surface area contributed by atoms with Gasteiger partial charge >= 0.3 is 0 Å². The molecule has 1 fully saturated rings. The van der Waals surface area contributed by atoms with Crippen molar-refractivity contribution in [3.63, 3.8) is 0 Å². The first kappa shape index (κ1) is 19.9. The van der Waals surface area contributed by atoms with Gasteiger partial charge in [0.1, 0.15) is 5.75 Å². The molecule has 1 amide bonds. The average Bonchev–Trinajstić information content (AvgIpc) is 2.98. The third-order valence-electron chi connectivity index (χ3n) is 5.14. The SMILES string of the molecule is COc1ccc([C@H](CNC(=O)c2ccc(Br)cc2)N2CCCCCC2)cc1. The number of nitrogens with zero attached hydrogens (tertiary/aromatic N) is 1. The minimum Gasteiger partial charge on any atom is -0.497 e. The summed E-state index contributed by atoms with van der Waals surface area (Å²) in [4.78, 5) is 15.1. The highest BCUT2D eigenvalue weighted by atomic mass is 79.9. The molecule has 4 nitrogen and oxygen atoms in total. The van der Waals surface area contributed by atoms with Gasteiger partial charge in [-0.2, -0.15) is 0 Å². The van der Waals surface area contributed by atoms with Gasteiger partial charge in [0.25, 0.3) is 5.91 Å². The molecule has 1 aliphatic heterocycles. The molecule has 0 saturated carbocycles. The highest BCUT2D eigenvalue weighted by molar-refractivity contribution is 9.10. The van der Waals surface area contributed by atoms with Crippen LogP contribution in [0.1, 0.15) is 47.6 Å². The zero-order valence-electron chi connectivity index (χ0n) is 15.8. The molecule has 1 N–H and O–H groups in total. The molecular weight excluding hydrogens is 404 g/mol. The van der Waals surface area contributed by atoms with E-state index in [0.29, 0.717) is 12.1 Å². The second kappa shape index (κ2) is 9.90. The minimum absolute atomic E-state index is 0.0316. The Morgan fingerprint density at radius 2 is 1.67 bits per heavy atom. The van der Waals surface area contributed by atoms with Crippen LogP contribution >= 0.6 is 15.9 Å². The molecule has 0 bridgehead atoms. The van der Waals surface area contributed by atoms with Crippen molar-refractivity contribution in [1.82, 2.24) is 10.2 Å². The monoisotopic (exact) mass is 430 g/mol. The van der Waals surface area contributed by atoms with Gasteiger partial charge in [-0.15, -0.1) is 0 Å². The molecule has 0 radical (unpaired) electrons. The number of hydrogen-bond donors (Lipinski definition) is 1. The fourth-order valence-corrected chi connectivity index (χ4v) is 3.85. The predicted octanol–water partition coefficient (Wildman–Crippen LogP) is 4.80. The van der Waals surface area contributed by atoms with Crippen molar-refractivity contribution >= 4 is 21.8 Å². The maximum absolute atomic E-state index is 12.6. The van der Waals surface area contributed by atoms with Gasteiger partial charge in [-0.05, 0) is 67.9 Å². The van der Waals surface area contributed by atoms with Crippen LogP contribution in [0.3, 0.4) is 0 Å². The molecule has 144 valence electrons. The van der Waals surface area contributed by atoms with Crippen LogP contribution in [0, 0.1) is 0 Å². The number of amides is 1. The summed E-state index contributed by atoms with van der Waals surface area (Å²) in [5.41, 5.74) is 1.90. The lowest BCUT2D eigenvalue weighted by Crippen LogP contribution is -2.38. The van der Waals surface area contributed by atoms with Crippen molar-refractivity contribution in [2.75, 3.05) is 26.7 Å². The van der Waals surface area contributed by atoms with Crippen molar-refractivity contribution in [1.29, 1.82) is 0 Å². The van der Waals surface area contributed by atoms with Crippen LogP contribution in [0.4, 0.5) is 0 Å². The predicted molar refractivity (Wildman–Crippen MR) is 112 cm³/mol. The maximum atomic E-state index is 12.6. The van der Waals surface area contributed by atoms with E-state index in [2.05, 4.69) is 38.3 Å². The van der Waals surface area contributed by atoms with Crippen LogP contribution < -0.4 is 10.1 Å². The largest absolute Gasteiger partial charge is 0.497 e. The summed E-state index contributed by atoms with van der Waals surface area (Å²) >= 11 is 3.41. The number of hydrogen-bond acceptors (Lipinski definition) is 3. The number of carbonyl (C=O) groups excluding carboxylic acids is 1. The molecule has 0 aromatic heterocycles. The summed E-state index contributed by atoms with van der Waals surface area (Å²) in [6, 6.07) is 15.9. The van der Waals surface area contributed by atoms with E-state index in [4.69, 9.17) is 4.74 Å². The van der Waals surface area contributed by atoms with Gasteiger partial charge in [0.15, 0.2) is 0 Å². The second-order valence-corrected chi connectivity index (χ2v) is 7.87. The lowest BCUT2D eigenvalue weighted by Gasteiger charge is -2.31. The minimum atomic E-state index is -0.0316. The van der Waals surface area contributed by atoms with Gasteiger partial charge in [0, 0.05) is 16.6 Å². The number of ether oxygens (including phenoxy) is 1. The molecule has 1 saturated heterocycles. The molecule has 0 unspecified atom stereocenters. The number of methoxy groups -OCH3 is 1. The number of nitrogens with one attached hydrogen (secondary N) is 1. The summed E-state index contributed by atoms with van der Waals surface area (Å²) in [6.45, 7) is 2.75. The van der Waals surface area contributed by atoms with Gasteiger partial charge < -0.3 is 10.1 Å². The van der Waals surface area contributed by atoms with Crippen molar-refractivity contribution < 1.29 is 9.53 Å². The molecule has 5 heteroatoms. The lowest BCUT2D eigenvalue weighted by molar-refractivity contribution is 0.0933. The Labute approximate surface area is 170 Å². The van der Waals surface area contributed by atoms with Gasteiger partial charge in [0.2, 0.25) is 0 Å². The lowest BCUT2D eigenvalue weighted by atomic mass is 10.0. The summed E-state index contributed by atoms with van der Waals surface area (Å²) in [7, 11) is 1.68. The number of rotatable bonds is 6. The highest BCUT2D eigenvalue weighted by Crippen LogP contribution is 2.25. The van der Waals surface area contributed by atoms with Crippen molar-refractivity contribution in [2.45, 2.75) is 31.7 Å². The number of benzene rings is 2. The maximum Gasteiger partial charge on any atom is 0.251 e. The molecule has 0 spiro atoms. The van der Waals surface area contributed by atoms with E-state index in [1.807, 2.05) is 36.4 Å². The Kier molecular flexibility index (Phi) is 7.30. The van der Waals surface area contributed by atoms with E-state index in [-0.39, 0.29) is 11.9 Å². The molecule has 27 heavy (non-hydrogen) atoms. The van der Waals surface area contributed by atoms with Crippen molar-refractivity contribution in [3.05, 3.63) is 64.1 Å². The third kappa shape index (κ3) is 5.56.